The molecule has 2 aromatic rings. The predicted molar refractivity (Wildman–Crippen MR) is 147 cm³/mol. The molecule has 2 aliphatic rings. The van der Waals surface area contributed by atoms with Gasteiger partial charge >= 0.3 is 0 Å². The maximum atomic E-state index is 13.1. The lowest BCUT2D eigenvalue weighted by atomic mass is 9.75. The summed E-state index contributed by atoms with van der Waals surface area (Å²) in [4.78, 5) is 17.5. The highest BCUT2D eigenvalue weighted by atomic mass is 16.5. The quantitative estimate of drug-likeness (QED) is 0.417. The SMILES string of the molecule is COc1cc(OC)cc(C(=O)N(C)C/C(C)=C/c2cccc(C3CCCCC3CN3CCCC3)c2)c1. The molecule has 2 atom stereocenters. The van der Waals surface area contributed by atoms with E-state index in [0.717, 1.165) is 11.5 Å². The third-order valence-electron chi connectivity index (χ3n) is 7.78. The van der Waals surface area contributed by atoms with Gasteiger partial charge in [0.1, 0.15) is 11.5 Å². The van der Waals surface area contributed by atoms with Crippen molar-refractivity contribution >= 4 is 12.0 Å². The lowest BCUT2D eigenvalue weighted by Gasteiger charge is -2.35. The normalized spacial score (nSPS) is 20.8. The van der Waals surface area contributed by atoms with Gasteiger partial charge in [-0.1, -0.05) is 48.8 Å². The number of nitrogens with zero attached hydrogens (tertiary/aromatic N) is 2. The smallest absolute Gasteiger partial charge is 0.254 e. The van der Waals surface area contributed by atoms with Crippen molar-refractivity contribution in [2.24, 2.45) is 5.92 Å². The van der Waals surface area contributed by atoms with Crippen molar-refractivity contribution in [3.63, 3.8) is 0 Å². The minimum atomic E-state index is -0.0549. The molecule has 1 saturated heterocycles. The molecule has 5 heteroatoms. The molecule has 2 aromatic carbocycles. The summed E-state index contributed by atoms with van der Waals surface area (Å²) in [5.41, 5.74) is 4.41. The monoisotopic (exact) mass is 490 g/mol. The number of methoxy groups -OCH3 is 2. The van der Waals surface area contributed by atoms with Crippen molar-refractivity contribution < 1.29 is 14.3 Å². The van der Waals surface area contributed by atoms with E-state index >= 15 is 0 Å². The summed E-state index contributed by atoms with van der Waals surface area (Å²) < 4.78 is 10.7. The molecule has 2 unspecified atom stereocenters. The second kappa shape index (κ2) is 12.4. The summed E-state index contributed by atoms with van der Waals surface area (Å²) in [6.07, 6.45) is 10.3. The summed E-state index contributed by atoms with van der Waals surface area (Å²) in [5.74, 6) is 2.59. The summed E-state index contributed by atoms with van der Waals surface area (Å²) in [6, 6.07) is 14.4. The minimum Gasteiger partial charge on any atom is -0.497 e. The van der Waals surface area contributed by atoms with Crippen LogP contribution in [-0.2, 0) is 0 Å². The molecule has 4 rings (SSSR count). The van der Waals surface area contributed by atoms with E-state index in [1.807, 2.05) is 7.05 Å². The zero-order valence-electron chi connectivity index (χ0n) is 22.5. The molecule has 0 spiro atoms. The van der Waals surface area contributed by atoms with Gasteiger partial charge in [-0.2, -0.15) is 0 Å². The molecule has 5 nitrogen and oxygen atoms in total. The Bertz CT molecular complexity index is 1040. The maximum Gasteiger partial charge on any atom is 0.254 e. The molecule has 0 radical (unpaired) electrons. The van der Waals surface area contributed by atoms with Crippen LogP contribution in [0.3, 0.4) is 0 Å². The van der Waals surface area contributed by atoms with Crippen molar-refractivity contribution in [2.75, 3.05) is 47.4 Å². The van der Waals surface area contributed by atoms with Crippen LogP contribution in [0.1, 0.15) is 72.9 Å². The number of rotatable bonds is 9. The maximum absolute atomic E-state index is 13.1. The number of hydrogen-bond acceptors (Lipinski definition) is 4. The zero-order chi connectivity index (χ0) is 25.5. The van der Waals surface area contributed by atoms with E-state index in [0.29, 0.717) is 29.5 Å². The zero-order valence-corrected chi connectivity index (χ0v) is 22.5. The third-order valence-corrected chi connectivity index (χ3v) is 7.78. The Hall–Kier alpha value is -2.79. The first-order valence-electron chi connectivity index (χ1n) is 13.4. The standard InChI is InChI=1S/C31H42N2O3/c1-23(21-32(2)31(34)27-18-28(35-3)20-29(19-27)36-4)16-24-10-9-12-25(17-24)30-13-6-5-11-26(30)22-33-14-7-8-15-33/h9-10,12,16-20,26,30H,5-8,11,13-15,21-22H2,1-4H3/b23-16+. The summed E-state index contributed by atoms with van der Waals surface area (Å²) in [6.45, 7) is 6.47. The number of likely N-dealkylation sites (tertiary alicyclic amines) is 1. The van der Waals surface area contributed by atoms with Crippen LogP contribution in [0.25, 0.3) is 6.08 Å². The molecular weight excluding hydrogens is 448 g/mol. The average Bonchev–Trinajstić information content (AvgIpc) is 3.41. The van der Waals surface area contributed by atoms with E-state index in [-0.39, 0.29) is 5.91 Å². The first kappa shape index (κ1) is 26.3. The average molecular weight is 491 g/mol. The fourth-order valence-corrected chi connectivity index (χ4v) is 5.97. The lowest BCUT2D eigenvalue weighted by Crippen LogP contribution is -2.31. The topological polar surface area (TPSA) is 42.0 Å². The van der Waals surface area contributed by atoms with E-state index in [1.165, 1.54) is 69.3 Å². The van der Waals surface area contributed by atoms with Crippen LogP contribution < -0.4 is 9.47 Å². The predicted octanol–water partition coefficient (Wildman–Crippen LogP) is 6.25. The molecule has 0 bridgehead atoms. The van der Waals surface area contributed by atoms with Gasteiger partial charge in [-0.05, 0) is 80.8 Å². The fourth-order valence-electron chi connectivity index (χ4n) is 5.97. The van der Waals surface area contributed by atoms with Crippen molar-refractivity contribution in [1.29, 1.82) is 0 Å². The molecule has 1 amide bonds. The van der Waals surface area contributed by atoms with Crippen LogP contribution in [0, 0.1) is 5.92 Å². The van der Waals surface area contributed by atoms with Gasteiger partial charge < -0.3 is 19.3 Å². The van der Waals surface area contributed by atoms with Gasteiger partial charge in [0.25, 0.3) is 5.91 Å². The van der Waals surface area contributed by atoms with E-state index < -0.39 is 0 Å². The van der Waals surface area contributed by atoms with Gasteiger partial charge in [0.2, 0.25) is 0 Å². The summed E-state index contributed by atoms with van der Waals surface area (Å²) >= 11 is 0. The molecule has 1 heterocycles. The van der Waals surface area contributed by atoms with E-state index in [2.05, 4.69) is 42.2 Å². The largest absolute Gasteiger partial charge is 0.497 e. The Kier molecular flexibility index (Phi) is 9.08. The number of amides is 1. The van der Waals surface area contributed by atoms with Crippen LogP contribution in [0.4, 0.5) is 0 Å². The van der Waals surface area contributed by atoms with Crippen molar-refractivity contribution in [2.45, 2.75) is 51.4 Å². The Morgan fingerprint density at radius 1 is 1.00 bits per heavy atom. The van der Waals surface area contributed by atoms with Gasteiger partial charge in [-0.3, -0.25) is 4.79 Å². The van der Waals surface area contributed by atoms with Gasteiger partial charge in [0.05, 0.1) is 14.2 Å². The van der Waals surface area contributed by atoms with Crippen LogP contribution in [-0.4, -0.2) is 63.2 Å². The van der Waals surface area contributed by atoms with E-state index in [9.17, 15) is 4.79 Å². The first-order chi connectivity index (χ1) is 17.5. The van der Waals surface area contributed by atoms with Crippen LogP contribution in [0.2, 0.25) is 0 Å². The highest BCUT2D eigenvalue weighted by Crippen LogP contribution is 2.39. The molecule has 0 N–H and O–H groups in total. The molecule has 1 saturated carbocycles. The number of ether oxygens (including phenoxy) is 2. The van der Waals surface area contributed by atoms with Crippen LogP contribution in [0.15, 0.2) is 48.0 Å². The van der Waals surface area contributed by atoms with E-state index in [4.69, 9.17) is 9.47 Å². The highest BCUT2D eigenvalue weighted by Gasteiger charge is 2.29. The number of carbonyl (C=O) groups excluding carboxylic acids is 1. The number of benzene rings is 2. The number of likely N-dealkylation sites (N-methyl/N-ethyl adjacent to an activating group) is 1. The van der Waals surface area contributed by atoms with Gasteiger partial charge in [-0.15, -0.1) is 0 Å². The fraction of sp³-hybridized carbons (Fsp3) is 0.516. The van der Waals surface area contributed by atoms with Crippen molar-refractivity contribution in [3.8, 4) is 11.5 Å². The molecule has 2 fully saturated rings. The Morgan fingerprint density at radius 2 is 1.69 bits per heavy atom. The van der Waals surface area contributed by atoms with Crippen LogP contribution >= 0.6 is 0 Å². The first-order valence-corrected chi connectivity index (χ1v) is 13.4. The Balaban J connectivity index is 1.44. The Labute approximate surface area is 217 Å². The molecule has 36 heavy (non-hydrogen) atoms. The summed E-state index contributed by atoms with van der Waals surface area (Å²) in [5, 5.41) is 0. The molecule has 1 aliphatic carbocycles. The second-order valence-electron chi connectivity index (χ2n) is 10.6. The molecule has 194 valence electrons. The van der Waals surface area contributed by atoms with Gasteiger partial charge in [-0.25, -0.2) is 0 Å². The van der Waals surface area contributed by atoms with Crippen LogP contribution in [0.5, 0.6) is 11.5 Å². The molecule has 0 aromatic heterocycles. The van der Waals surface area contributed by atoms with Crippen molar-refractivity contribution in [1.82, 2.24) is 9.80 Å². The Morgan fingerprint density at radius 3 is 2.39 bits per heavy atom. The third kappa shape index (κ3) is 6.70. The molecule has 1 aliphatic heterocycles. The second-order valence-corrected chi connectivity index (χ2v) is 10.6. The lowest BCUT2D eigenvalue weighted by molar-refractivity contribution is 0.0806. The summed E-state index contributed by atoms with van der Waals surface area (Å²) in [7, 11) is 5.03. The van der Waals surface area contributed by atoms with Gasteiger partial charge in [0.15, 0.2) is 0 Å². The van der Waals surface area contributed by atoms with Gasteiger partial charge in [0, 0.05) is 31.8 Å². The van der Waals surface area contributed by atoms with Crippen molar-refractivity contribution in [3.05, 3.63) is 64.7 Å². The number of hydrogen-bond donors (Lipinski definition) is 0. The highest BCUT2D eigenvalue weighted by molar-refractivity contribution is 5.95. The van der Waals surface area contributed by atoms with E-state index in [1.54, 1.807) is 37.3 Å². The molecular formula is C31H42N2O3. The minimum absolute atomic E-state index is 0.0549. The number of carbonyl (C=O) groups is 1.